The number of halogens is 2. The van der Waals surface area contributed by atoms with E-state index >= 15 is 0 Å². The second kappa shape index (κ2) is 11.3. The number of ether oxygens (including phenoxy) is 2. The van der Waals surface area contributed by atoms with Crippen LogP contribution in [0.25, 0.3) is 0 Å². The van der Waals surface area contributed by atoms with Crippen molar-refractivity contribution in [1.29, 1.82) is 0 Å². The van der Waals surface area contributed by atoms with E-state index in [0.717, 1.165) is 38.3 Å². The van der Waals surface area contributed by atoms with Gasteiger partial charge in [-0.1, -0.05) is 35.3 Å². The zero-order chi connectivity index (χ0) is 23.1. The van der Waals surface area contributed by atoms with Crippen LogP contribution in [0.1, 0.15) is 24.8 Å². The van der Waals surface area contributed by atoms with Crippen LogP contribution < -0.4 is 9.47 Å². The van der Waals surface area contributed by atoms with Gasteiger partial charge in [0.1, 0.15) is 23.7 Å². The number of benzene rings is 2. The van der Waals surface area contributed by atoms with Crippen molar-refractivity contribution in [3.8, 4) is 11.5 Å². The molecule has 176 valence electrons. The Hall–Kier alpha value is -2.25. The van der Waals surface area contributed by atoms with Crippen molar-refractivity contribution in [2.75, 3.05) is 26.3 Å². The SMILES string of the molecule is OC1(COc2ccc(Cl)c(Cl)c2)CCN(Cc2cccc(OCCCn3cccn3)c2)CC1. The lowest BCUT2D eigenvalue weighted by Crippen LogP contribution is -2.47. The summed E-state index contributed by atoms with van der Waals surface area (Å²) in [4.78, 5) is 2.35. The first-order chi connectivity index (χ1) is 16.0. The number of nitrogens with zero attached hydrogens (tertiary/aromatic N) is 3. The molecule has 0 unspecified atom stereocenters. The van der Waals surface area contributed by atoms with E-state index in [4.69, 9.17) is 32.7 Å². The molecule has 4 rings (SSSR count). The fraction of sp³-hybridized carbons (Fsp3) is 0.400. The molecule has 1 saturated heterocycles. The lowest BCUT2D eigenvalue weighted by molar-refractivity contribution is -0.0537. The van der Waals surface area contributed by atoms with Gasteiger partial charge in [-0.05, 0) is 48.7 Å². The molecule has 0 aliphatic carbocycles. The second-order valence-electron chi connectivity index (χ2n) is 8.48. The molecule has 8 heteroatoms. The van der Waals surface area contributed by atoms with Crippen molar-refractivity contribution in [2.45, 2.75) is 38.0 Å². The third kappa shape index (κ3) is 7.11. The van der Waals surface area contributed by atoms with Crippen LogP contribution in [0.5, 0.6) is 11.5 Å². The molecule has 6 nitrogen and oxygen atoms in total. The first kappa shape index (κ1) is 23.9. The molecule has 3 aromatic rings. The average molecular weight is 490 g/mol. The molecule has 2 aromatic carbocycles. The largest absolute Gasteiger partial charge is 0.494 e. The maximum Gasteiger partial charge on any atom is 0.121 e. The fourth-order valence-electron chi connectivity index (χ4n) is 3.90. The summed E-state index contributed by atoms with van der Waals surface area (Å²) in [7, 11) is 0. The normalized spacial score (nSPS) is 16.0. The van der Waals surface area contributed by atoms with Crippen LogP contribution in [0.3, 0.4) is 0 Å². The molecular formula is C25H29Cl2N3O3. The number of rotatable bonds is 10. The summed E-state index contributed by atoms with van der Waals surface area (Å²) >= 11 is 12.0. The highest BCUT2D eigenvalue weighted by Crippen LogP contribution is 2.29. The van der Waals surface area contributed by atoms with E-state index < -0.39 is 5.60 Å². The van der Waals surface area contributed by atoms with E-state index in [1.807, 2.05) is 29.1 Å². The molecule has 0 amide bonds. The Morgan fingerprint density at radius 2 is 1.79 bits per heavy atom. The summed E-state index contributed by atoms with van der Waals surface area (Å²) in [5.74, 6) is 1.50. The molecule has 2 heterocycles. The molecule has 1 aliphatic rings. The number of hydrogen-bond acceptors (Lipinski definition) is 5. The van der Waals surface area contributed by atoms with Gasteiger partial charge in [0, 0.05) is 51.1 Å². The number of aliphatic hydroxyl groups is 1. The van der Waals surface area contributed by atoms with Crippen molar-refractivity contribution in [3.63, 3.8) is 0 Å². The van der Waals surface area contributed by atoms with Crippen molar-refractivity contribution in [3.05, 3.63) is 76.5 Å². The van der Waals surface area contributed by atoms with Crippen molar-refractivity contribution in [1.82, 2.24) is 14.7 Å². The first-order valence-corrected chi connectivity index (χ1v) is 12.0. The van der Waals surface area contributed by atoms with Crippen LogP contribution in [0.2, 0.25) is 10.0 Å². The summed E-state index contributed by atoms with van der Waals surface area (Å²) in [6, 6.07) is 15.3. The molecule has 1 aromatic heterocycles. The zero-order valence-electron chi connectivity index (χ0n) is 18.5. The van der Waals surface area contributed by atoms with Crippen molar-refractivity contribution >= 4 is 23.2 Å². The van der Waals surface area contributed by atoms with Crippen LogP contribution >= 0.6 is 23.2 Å². The number of piperidine rings is 1. The average Bonchev–Trinajstić information content (AvgIpc) is 3.33. The molecule has 1 fully saturated rings. The van der Waals surface area contributed by atoms with Crippen LogP contribution in [0.15, 0.2) is 60.9 Å². The maximum atomic E-state index is 10.9. The van der Waals surface area contributed by atoms with Crippen LogP contribution in [0, 0.1) is 0 Å². The van der Waals surface area contributed by atoms with Gasteiger partial charge in [-0.25, -0.2) is 0 Å². The second-order valence-corrected chi connectivity index (χ2v) is 9.30. The van der Waals surface area contributed by atoms with Gasteiger partial charge < -0.3 is 14.6 Å². The molecule has 0 radical (unpaired) electrons. The summed E-state index contributed by atoms with van der Waals surface area (Å²) in [6.45, 7) is 4.16. The Morgan fingerprint density at radius 1 is 0.970 bits per heavy atom. The van der Waals surface area contributed by atoms with Gasteiger partial charge in [-0.3, -0.25) is 9.58 Å². The Morgan fingerprint density at radius 3 is 2.55 bits per heavy atom. The summed E-state index contributed by atoms with van der Waals surface area (Å²) in [5, 5.41) is 16.1. The first-order valence-electron chi connectivity index (χ1n) is 11.2. The molecule has 33 heavy (non-hydrogen) atoms. The zero-order valence-corrected chi connectivity index (χ0v) is 20.0. The van der Waals surface area contributed by atoms with E-state index in [1.54, 1.807) is 24.4 Å². The fourth-order valence-corrected chi connectivity index (χ4v) is 4.19. The van der Waals surface area contributed by atoms with Crippen LogP contribution in [0.4, 0.5) is 0 Å². The molecule has 1 N–H and O–H groups in total. The summed E-state index contributed by atoms with van der Waals surface area (Å²) < 4.78 is 13.6. The minimum Gasteiger partial charge on any atom is -0.494 e. The van der Waals surface area contributed by atoms with E-state index in [2.05, 4.69) is 22.1 Å². The maximum absolute atomic E-state index is 10.9. The van der Waals surface area contributed by atoms with Gasteiger partial charge in [0.2, 0.25) is 0 Å². The highest BCUT2D eigenvalue weighted by Gasteiger charge is 2.33. The third-order valence-corrected chi connectivity index (χ3v) is 6.59. The minimum absolute atomic E-state index is 0.237. The van der Waals surface area contributed by atoms with Gasteiger partial charge in [0.05, 0.1) is 16.7 Å². The number of aryl methyl sites for hydroxylation is 1. The van der Waals surface area contributed by atoms with Crippen molar-refractivity contribution < 1.29 is 14.6 Å². The molecule has 0 bridgehead atoms. The Balaban J connectivity index is 1.20. The smallest absolute Gasteiger partial charge is 0.121 e. The third-order valence-electron chi connectivity index (χ3n) is 5.85. The van der Waals surface area contributed by atoms with Gasteiger partial charge in [-0.15, -0.1) is 0 Å². The van der Waals surface area contributed by atoms with E-state index in [-0.39, 0.29) is 6.61 Å². The number of likely N-dealkylation sites (tertiary alicyclic amines) is 1. The molecule has 1 aliphatic heterocycles. The van der Waals surface area contributed by atoms with E-state index in [1.165, 1.54) is 5.56 Å². The van der Waals surface area contributed by atoms with E-state index in [9.17, 15) is 5.11 Å². The van der Waals surface area contributed by atoms with E-state index in [0.29, 0.717) is 35.2 Å². The molecule has 0 spiro atoms. The topological polar surface area (TPSA) is 59.8 Å². The lowest BCUT2D eigenvalue weighted by Gasteiger charge is -2.38. The summed E-state index contributed by atoms with van der Waals surface area (Å²) in [5.41, 5.74) is 0.361. The van der Waals surface area contributed by atoms with Crippen molar-refractivity contribution in [2.24, 2.45) is 0 Å². The highest BCUT2D eigenvalue weighted by molar-refractivity contribution is 6.42. The van der Waals surface area contributed by atoms with Gasteiger partial charge in [0.25, 0.3) is 0 Å². The van der Waals surface area contributed by atoms with Crippen LogP contribution in [-0.4, -0.2) is 51.7 Å². The Labute approximate surface area is 204 Å². The monoisotopic (exact) mass is 489 g/mol. The molecule has 0 saturated carbocycles. The standard InChI is InChI=1S/C25H29Cl2N3O3/c26-23-7-6-22(17-24(23)27)33-19-25(31)8-13-29(14-9-25)18-20-4-1-5-21(16-20)32-15-3-12-30-11-2-10-28-30/h1-2,4-7,10-11,16-17,31H,3,8-9,12-15,18-19H2. The number of aromatic nitrogens is 2. The predicted octanol–water partition coefficient (Wildman–Crippen LogP) is 5.06. The van der Waals surface area contributed by atoms with Gasteiger partial charge in [0.15, 0.2) is 0 Å². The molecular weight excluding hydrogens is 461 g/mol. The predicted molar refractivity (Wildman–Crippen MR) is 130 cm³/mol. The summed E-state index contributed by atoms with van der Waals surface area (Å²) in [6.07, 6.45) is 5.95. The minimum atomic E-state index is -0.845. The van der Waals surface area contributed by atoms with Crippen LogP contribution in [-0.2, 0) is 13.1 Å². The molecule has 0 atom stereocenters. The Bertz CT molecular complexity index is 1020. The van der Waals surface area contributed by atoms with Gasteiger partial charge in [-0.2, -0.15) is 5.10 Å². The quantitative estimate of drug-likeness (QED) is 0.403. The Kier molecular flexibility index (Phi) is 8.15. The lowest BCUT2D eigenvalue weighted by atomic mass is 9.92. The number of hydrogen-bond donors (Lipinski definition) is 1. The van der Waals surface area contributed by atoms with Gasteiger partial charge >= 0.3 is 0 Å². The highest BCUT2D eigenvalue weighted by atomic mass is 35.5.